The van der Waals surface area contributed by atoms with Gasteiger partial charge in [0.15, 0.2) is 17.5 Å². The average molecular weight is 657 g/mol. The highest BCUT2D eigenvalue weighted by molar-refractivity contribution is 6.09. The molecule has 50 heavy (non-hydrogen) atoms. The SMILES string of the molecule is [2H]c1c([2H])c(-c2c([2H])c([2H])c(-c3nc(-c4ccccc4)nc(-c4ccc5c(c4)oc4ccccc45)n3)c([2H])c2[2H])c([2H])c(-n2c3c([2H])c([2H])c([2H])c([2H])c3c3c([2H])c([2H])c([2H])c([2H])c32)c1[2H]. The van der Waals surface area contributed by atoms with Gasteiger partial charge in [-0.1, -0.05) is 127 Å². The summed E-state index contributed by atoms with van der Waals surface area (Å²) >= 11 is 0. The lowest BCUT2D eigenvalue weighted by Crippen LogP contribution is -2.00. The molecule has 0 fully saturated rings. The standard InChI is InChI=1S/C45H28N4O/c1-2-11-30(12-3-1)43-46-44(48-45(47-43)33-25-26-38-37-17-6-9-20-41(37)50-42(38)28-33)31-23-21-29(22-24-31)32-13-10-14-34(27-32)49-39-18-7-4-15-35(39)36-16-5-8-19-40(36)49/h1-28H/i4D,5D,7D,8D,10D,13D,14D,15D,16D,18D,19D,21D,22D,23D,24D,27D. The van der Waals surface area contributed by atoms with E-state index < -0.39 is 125 Å². The van der Waals surface area contributed by atoms with Gasteiger partial charge in [0.25, 0.3) is 0 Å². The number of rotatable bonds is 5. The van der Waals surface area contributed by atoms with Crippen LogP contribution in [0.3, 0.4) is 0 Å². The highest BCUT2D eigenvalue weighted by Crippen LogP contribution is 2.35. The van der Waals surface area contributed by atoms with E-state index in [1.807, 2.05) is 30.3 Å². The van der Waals surface area contributed by atoms with Crippen molar-refractivity contribution in [3.05, 3.63) is 169 Å². The zero-order valence-corrected chi connectivity index (χ0v) is 25.6. The van der Waals surface area contributed by atoms with Crippen LogP contribution in [0.5, 0.6) is 0 Å². The van der Waals surface area contributed by atoms with E-state index in [9.17, 15) is 6.85 Å². The Balaban J connectivity index is 1.24. The molecule has 0 unspecified atom stereocenters. The lowest BCUT2D eigenvalue weighted by atomic mass is 10.0. The third-order valence-corrected chi connectivity index (χ3v) is 8.27. The van der Waals surface area contributed by atoms with E-state index in [1.54, 1.807) is 42.5 Å². The zero-order chi connectivity index (χ0) is 46.9. The lowest BCUT2D eigenvalue weighted by molar-refractivity contribution is 0.669. The van der Waals surface area contributed by atoms with Gasteiger partial charge in [0.1, 0.15) is 11.2 Å². The largest absolute Gasteiger partial charge is 0.456 e. The Morgan fingerprint density at radius 2 is 1.06 bits per heavy atom. The van der Waals surface area contributed by atoms with Crippen molar-refractivity contribution >= 4 is 43.7 Å². The number of para-hydroxylation sites is 3. The molecule has 0 amide bonds. The molecular formula is C45H28N4O. The van der Waals surface area contributed by atoms with Gasteiger partial charge in [0.2, 0.25) is 0 Å². The van der Waals surface area contributed by atoms with Gasteiger partial charge in [-0.3, -0.25) is 0 Å². The second-order valence-corrected chi connectivity index (χ2v) is 11.2. The first kappa shape index (κ1) is 16.5. The molecule has 5 heteroatoms. The molecule has 0 saturated heterocycles. The van der Waals surface area contributed by atoms with Gasteiger partial charge in [-0.2, -0.15) is 0 Å². The number of hydrogen-bond donors (Lipinski definition) is 0. The van der Waals surface area contributed by atoms with Crippen LogP contribution in [0.15, 0.2) is 174 Å². The Morgan fingerprint density at radius 1 is 0.440 bits per heavy atom. The monoisotopic (exact) mass is 656 g/mol. The maximum Gasteiger partial charge on any atom is 0.164 e. The summed E-state index contributed by atoms with van der Waals surface area (Å²) in [4.78, 5) is 14.0. The Hall–Kier alpha value is -6.85. The van der Waals surface area contributed by atoms with Crippen LogP contribution in [-0.4, -0.2) is 19.5 Å². The fraction of sp³-hybridized carbons (Fsp3) is 0. The van der Waals surface area contributed by atoms with Gasteiger partial charge in [-0.05, 0) is 53.5 Å². The Kier molecular flexibility index (Phi) is 3.76. The summed E-state index contributed by atoms with van der Waals surface area (Å²) in [6.07, 6.45) is 0. The van der Waals surface area contributed by atoms with Crippen molar-refractivity contribution in [3.63, 3.8) is 0 Å². The average Bonchev–Trinajstić information content (AvgIpc) is 3.88. The van der Waals surface area contributed by atoms with Crippen LogP contribution in [0.25, 0.3) is 94.7 Å². The van der Waals surface area contributed by atoms with Crippen LogP contribution >= 0.6 is 0 Å². The highest BCUT2D eigenvalue weighted by Gasteiger charge is 2.16. The van der Waals surface area contributed by atoms with E-state index in [1.165, 1.54) is 0 Å². The maximum absolute atomic E-state index is 9.56. The fourth-order valence-corrected chi connectivity index (χ4v) is 5.96. The molecule has 3 heterocycles. The van der Waals surface area contributed by atoms with Crippen molar-refractivity contribution in [1.29, 1.82) is 0 Å². The second kappa shape index (κ2) is 11.4. The molecule has 0 spiro atoms. The molecule has 0 N–H and O–H groups in total. The molecule has 7 aromatic carbocycles. The van der Waals surface area contributed by atoms with Crippen LogP contribution in [0.2, 0.25) is 0 Å². The summed E-state index contributed by atoms with van der Waals surface area (Å²) in [5.41, 5.74) is -1.00. The molecule has 234 valence electrons. The number of aromatic nitrogens is 4. The maximum atomic E-state index is 9.56. The van der Waals surface area contributed by atoms with Crippen LogP contribution in [0.1, 0.15) is 21.9 Å². The molecule has 0 atom stereocenters. The van der Waals surface area contributed by atoms with Gasteiger partial charge in [-0.25, -0.2) is 15.0 Å². The quantitative estimate of drug-likeness (QED) is 0.185. The molecule has 10 aromatic rings. The van der Waals surface area contributed by atoms with Gasteiger partial charge >= 0.3 is 0 Å². The molecule has 0 radical (unpaired) electrons. The highest BCUT2D eigenvalue weighted by atomic mass is 16.3. The van der Waals surface area contributed by atoms with E-state index in [-0.39, 0.29) is 33.8 Å². The molecule has 0 aliphatic rings. The van der Waals surface area contributed by atoms with Gasteiger partial charge < -0.3 is 8.98 Å². The topological polar surface area (TPSA) is 56.7 Å². The molecule has 0 bridgehead atoms. The molecule has 0 aliphatic carbocycles. The van der Waals surface area contributed by atoms with Crippen molar-refractivity contribution in [3.8, 4) is 51.0 Å². The first-order chi connectivity index (χ1) is 31.4. The van der Waals surface area contributed by atoms with Crippen LogP contribution in [0, 0.1) is 0 Å². The van der Waals surface area contributed by atoms with Crippen molar-refractivity contribution in [2.45, 2.75) is 0 Å². The summed E-state index contributed by atoms with van der Waals surface area (Å²) < 4.78 is 150. The van der Waals surface area contributed by atoms with Crippen LogP contribution < -0.4 is 0 Å². The second-order valence-electron chi connectivity index (χ2n) is 11.2. The van der Waals surface area contributed by atoms with Crippen LogP contribution in [-0.2, 0) is 0 Å². The molecule has 0 aliphatic heterocycles. The van der Waals surface area contributed by atoms with Crippen LogP contribution in [0.4, 0.5) is 0 Å². The summed E-state index contributed by atoms with van der Waals surface area (Å²) in [6, 6.07) is 9.49. The Labute approximate surface area is 310 Å². The van der Waals surface area contributed by atoms with Gasteiger partial charge in [-0.15, -0.1) is 0 Å². The zero-order valence-electron chi connectivity index (χ0n) is 41.6. The fourth-order valence-electron chi connectivity index (χ4n) is 5.96. The summed E-state index contributed by atoms with van der Waals surface area (Å²) in [5, 5.41) is 1.02. The number of fused-ring (bicyclic) bond motifs is 6. The minimum absolute atomic E-state index is 0.112. The van der Waals surface area contributed by atoms with E-state index in [4.69, 9.17) is 24.5 Å². The van der Waals surface area contributed by atoms with E-state index in [0.717, 1.165) is 15.3 Å². The predicted octanol–water partition coefficient (Wildman–Crippen LogP) is 11.5. The van der Waals surface area contributed by atoms with Gasteiger partial charge in [0.05, 0.1) is 33.0 Å². The minimum Gasteiger partial charge on any atom is -0.456 e. The minimum atomic E-state index is -0.885. The predicted molar refractivity (Wildman–Crippen MR) is 203 cm³/mol. The summed E-state index contributed by atoms with van der Waals surface area (Å²) in [5.74, 6) is 0.00156. The first-order valence-corrected chi connectivity index (χ1v) is 15.4. The van der Waals surface area contributed by atoms with Crippen molar-refractivity contribution in [2.75, 3.05) is 0 Å². The first-order valence-electron chi connectivity index (χ1n) is 23.4. The molecule has 0 saturated carbocycles. The normalized spacial score (nSPS) is 16.1. The smallest absolute Gasteiger partial charge is 0.164 e. The Bertz CT molecular complexity index is 3690. The molecular weight excluding hydrogens is 613 g/mol. The van der Waals surface area contributed by atoms with E-state index in [2.05, 4.69) is 9.97 Å². The lowest BCUT2D eigenvalue weighted by Gasteiger charge is -2.11. The Morgan fingerprint density at radius 3 is 1.82 bits per heavy atom. The van der Waals surface area contributed by atoms with E-state index >= 15 is 0 Å². The van der Waals surface area contributed by atoms with Crippen molar-refractivity contribution < 1.29 is 26.3 Å². The molecule has 5 nitrogen and oxygen atoms in total. The third kappa shape index (κ3) is 4.67. The van der Waals surface area contributed by atoms with Crippen molar-refractivity contribution in [2.24, 2.45) is 0 Å². The number of nitrogens with zero attached hydrogens (tertiary/aromatic N) is 4. The van der Waals surface area contributed by atoms with Gasteiger partial charge in [0, 0.05) is 43.9 Å². The number of furan rings is 1. The number of benzene rings is 7. The summed E-state index contributed by atoms with van der Waals surface area (Å²) in [7, 11) is 0. The third-order valence-electron chi connectivity index (χ3n) is 8.27. The molecule has 10 rings (SSSR count). The van der Waals surface area contributed by atoms with Crippen molar-refractivity contribution in [1.82, 2.24) is 19.5 Å². The number of hydrogen-bond acceptors (Lipinski definition) is 4. The molecule has 3 aromatic heterocycles. The van der Waals surface area contributed by atoms with E-state index in [0.29, 0.717) is 22.3 Å². The summed E-state index contributed by atoms with van der Waals surface area (Å²) in [6.45, 7) is 0.